The van der Waals surface area contributed by atoms with E-state index in [1.807, 2.05) is 6.07 Å². The van der Waals surface area contributed by atoms with Gasteiger partial charge in [-0.3, -0.25) is 0 Å². The molecular weight excluding hydrogens is 214 g/mol. The fourth-order valence-electron chi connectivity index (χ4n) is 1.35. The number of hydrogen-bond acceptors (Lipinski definition) is 5. The molecular formula is C12H19N5. The van der Waals surface area contributed by atoms with Crippen molar-refractivity contribution in [2.24, 2.45) is 11.5 Å². The van der Waals surface area contributed by atoms with Crippen molar-refractivity contribution in [2.75, 3.05) is 18.8 Å². The van der Waals surface area contributed by atoms with Gasteiger partial charge >= 0.3 is 0 Å². The summed E-state index contributed by atoms with van der Waals surface area (Å²) in [6.07, 6.45) is 3.86. The van der Waals surface area contributed by atoms with Crippen LogP contribution in [0.1, 0.15) is 17.5 Å². The van der Waals surface area contributed by atoms with Gasteiger partial charge in [-0.1, -0.05) is 6.07 Å². The molecule has 0 aromatic heterocycles. The van der Waals surface area contributed by atoms with Gasteiger partial charge in [0, 0.05) is 30.2 Å². The van der Waals surface area contributed by atoms with E-state index in [4.69, 9.17) is 22.6 Å². The Labute approximate surface area is 101 Å². The third-order valence-corrected chi connectivity index (χ3v) is 2.36. The van der Waals surface area contributed by atoms with E-state index in [9.17, 15) is 0 Å². The van der Waals surface area contributed by atoms with Crippen molar-refractivity contribution in [1.82, 2.24) is 5.32 Å². The summed E-state index contributed by atoms with van der Waals surface area (Å²) in [7, 11) is 0. The summed E-state index contributed by atoms with van der Waals surface area (Å²) in [5.74, 6) is 0. The second kappa shape index (κ2) is 6.55. The zero-order valence-electron chi connectivity index (χ0n) is 9.74. The van der Waals surface area contributed by atoms with Crippen molar-refractivity contribution in [3.05, 3.63) is 35.5 Å². The fourth-order valence-corrected chi connectivity index (χ4v) is 1.35. The number of nitrogens with one attached hydrogen (secondary N) is 2. The highest BCUT2D eigenvalue weighted by molar-refractivity contribution is 5.86. The second-order valence-corrected chi connectivity index (χ2v) is 3.68. The van der Waals surface area contributed by atoms with E-state index < -0.39 is 0 Å². The summed E-state index contributed by atoms with van der Waals surface area (Å²) < 4.78 is 0. The highest BCUT2D eigenvalue weighted by atomic mass is 14.8. The first kappa shape index (κ1) is 13.1. The van der Waals surface area contributed by atoms with Crippen LogP contribution in [-0.4, -0.2) is 19.3 Å². The molecule has 1 aromatic rings. The molecule has 5 nitrogen and oxygen atoms in total. The summed E-state index contributed by atoms with van der Waals surface area (Å²) in [5, 5.41) is 10.3. The minimum Gasteiger partial charge on any atom is -0.398 e. The highest BCUT2D eigenvalue weighted by Gasteiger charge is 2.00. The molecule has 1 rings (SSSR count). The zero-order chi connectivity index (χ0) is 12.7. The molecule has 0 aliphatic carbocycles. The van der Waals surface area contributed by atoms with Gasteiger partial charge in [-0.25, -0.2) is 0 Å². The van der Waals surface area contributed by atoms with Crippen LogP contribution < -0.4 is 22.5 Å². The lowest BCUT2D eigenvalue weighted by Crippen LogP contribution is -2.14. The monoisotopic (exact) mass is 233 g/mol. The van der Waals surface area contributed by atoms with Gasteiger partial charge < -0.3 is 27.9 Å². The average Bonchev–Trinajstić information content (AvgIpc) is 2.35. The van der Waals surface area contributed by atoms with Gasteiger partial charge in [-0.2, -0.15) is 0 Å². The maximum Gasteiger partial charge on any atom is 0.0547 e. The number of nitrogens with two attached hydrogens (primary N) is 3. The van der Waals surface area contributed by atoms with Crippen LogP contribution >= 0.6 is 0 Å². The van der Waals surface area contributed by atoms with E-state index in [1.54, 1.807) is 18.3 Å². The molecule has 0 aliphatic heterocycles. The molecule has 8 N–H and O–H groups in total. The van der Waals surface area contributed by atoms with Crippen LogP contribution in [0.25, 0.3) is 5.70 Å². The maximum absolute atomic E-state index is 7.22. The van der Waals surface area contributed by atoms with Gasteiger partial charge in [0.25, 0.3) is 0 Å². The lowest BCUT2D eigenvalue weighted by molar-refractivity contribution is 0.761. The molecule has 0 fully saturated rings. The molecule has 5 heteroatoms. The Morgan fingerprint density at radius 3 is 2.82 bits per heavy atom. The molecule has 0 unspecified atom stereocenters. The molecule has 0 saturated heterocycles. The molecule has 0 radical (unpaired) electrons. The number of anilines is 1. The number of nitrogen functional groups attached to an aromatic ring is 1. The van der Waals surface area contributed by atoms with Crippen LogP contribution in [0.5, 0.6) is 0 Å². The van der Waals surface area contributed by atoms with Gasteiger partial charge in [0.05, 0.1) is 5.70 Å². The lowest BCUT2D eigenvalue weighted by atomic mass is 10.1. The van der Waals surface area contributed by atoms with Crippen LogP contribution in [-0.2, 0) is 0 Å². The van der Waals surface area contributed by atoms with E-state index in [1.165, 1.54) is 6.21 Å². The molecule has 17 heavy (non-hydrogen) atoms. The predicted octanol–water partition coefficient (Wildman–Crippen LogP) is 0.462. The summed E-state index contributed by atoms with van der Waals surface area (Å²) in [4.78, 5) is 0. The summed E-state index contributed by atoms with van der Waals surface area (Å²) in [6, 6.07) is 5.37. The quantitative estimate of drug-likeness (QED) is 0.279. The third kappa shape index (κ3) is 3.81. The standard InChI is InChI=1S/C12H19N5/c13-4-1-5-17-8-12(16)9-2-3-11(15)10(6-9)7-14/h2-3,6-8,14,17H,1,4-5,13,15-16H2/b12-8-,14-7?. The van der Waals surface area contributed by atoms with E-state index >= 15 is 0 Å². The fraction of sp³-hybridized carbons (Fsp3) is 0.250. The lowest BCUT2D eigenvalue weighted by Gasteiger charge is -2.06. The number of hydrogen-bond donors (Lipinski definition) is 5. The zero-order valence-corrected chi connectivity index (χ0v) is 9.74. The Bertz CT molecular complexity index is 411. The number of benzene rings is 1. The molecule has 0 atom stereocenters. The minimum absolute atomic E-state index is 0.577. The normalized spacial score (nSPS) is 11.2. The molecule has 0 aliphatic rings. The SMILES string of the molecule is N=Cc1cc(/C(N)=C/NCCCN)ccc1N. The second-order valence-electron chi connectivity index (χ2n) is 3.68. The maximum atomic E-state index is 7.22. The van der Waals surface area contributed by atoms with Gasteiger partial charge in [-0.15, -0.1) is 0 Å². The molecule has 0 bridgehead atoms. The van der Waals surface area contributed by atoms with Crippen LogP contribution in [0.2, 0.25) is 0 Å². The molecule has 0 spiro atoms. The largest absolute Gasteiger partial charge is 0.398 e. The van der Waals surface area contributed by atoms with Gasteiger partial charge in [0.2, 0.25) is 0 Å². The van der Waals surface area contributed by atoms with Crippen LogP contribution in [0, 0.1) is 5.41 Å². The molecule has 0 heterocycles. The first-order valence-corrected chi connectivity index (χ1v) is 5.48. The highest BCUT2D eigenvalue weighted by Crippen LogP contribution is 2.15. The van der Waals surface area contributed by atoms with Gasteiger partial charge in [0.1, 0.15) is 0 Å². The molecule has 0 saturated carbocycles. The van der Waals surface area contributed by atoms with Gasteiger partial charge in [0.15, 0.2) is 0 Å². The van der Waals surface area contributed by atoms with Crippen LogP contribution in [0.15, 0.2) is 24.4 Å². The molecule has 1 aromatic carbocycles. The van der Waals surface area contributed by atoms with Gasteiger partial charge in [-0.05, 0) is 30.7 Å². The van der Waals surface area contributed by atoms with E-state index in [0.29, 0.717) is 23.5 Å². The van der Waals surface area contributed by atoms with Crippen molar-refractivity contribution in [3.8, 4) is 0 Å². The van der Waals surface area contributed by atoms with Crippen molar-refractivity contribution >= 4 is 17.6 Å². The topological polar surface area (TPSA) is 114 Å². The summed E-state index contributed by atoms with van der Waals surface area (Å²) in [5.41, 5.74) is 19.7. The Kier molecular flexibility index (Phi) is 5.03. The van der Waals surface area contributed by atoms with E-state index in [-0.39, 0.29) is 0 Å². The predicted molar refractivity (Wildman–Crippen MR) is 72.6 cm³/mol. The Morgan fingerprint density at radius 1 is 1.41 bits per heavy atom. The first-order chi connectivity index (χ1) is 8.19. The summed E-state index contributed by atoms with van der Waals surface area (Å²) >= 11 is 0. The van der Waals surface area contributed by atoms with E-state index in [2.05, 4.69) is 5.32 Å². The van der Waals surface area contributed by atoms with Crippen molar-refractivity contribution < 1.29 is 0 Å². The molecule has 92 valence electrons. The third-order valence-electron chi connectivity index (χ3n) is 2.36. The summed E-state index contributed by atoms with van der Waals surface area (Å²) in [6.45, 7) is 1.45. The molecule has 0 amide bonds. The van der Waals surface area contributed by atoms with Crippen molar-refractivity contribution in [1.29, 1.82) is 5.41 Å². The minimum atomic E-state index is 0.577. The first-order valence-electron chi connectivity index (χ1n) is 5.48. The smallest absolute Gasteiger partial charge is 0.0547 e. The Hall–Kier alpha value is -2.01. The Morgan fingerprint density at radius 2 is 2.18 bits per heavy atom. The van der Waals surface area contributed by atoms with Crippen molar-refractivity contribution in [3.63, 3.8) is 0 Å². The van der Waals surface area contributed by atoms with Crippen LogP contribution in [0.3, 0.4) is 0 Å². The average molecular weight is 233 g/mol. The van der Waals surface area contributed by atoms with E-state index in [0.717, 1.165) is 18.5 Å². The Balaban J connectivity index is 2.74. The number of rotatable bonds is 6. The van der Waals surface area contributed by atoms with Crippen LogP contribution in [0.4, 0.5) is 5.69 Å². The van der Waals surface area contributed by atoms with Crippen molar-refractivity contribution in [2.45, 2.75) is 6.42 Å².